The first-order chi connectivity index (χ1) is 9.61. The summed E-state index contributed by atoms with van der Waals surface area (Å²) in [6.45, 7) is 6.37. The fourth-order valence-electron chi connectivity index (χ4n) is 1.77. The van der Waals surface area contributed by atoms with Crippen LogP contribution in [0.15, 0.2) is 47.4 Å². The molecular formula is C14H15N3O2S. The number of nitro groups is 1. The first-order valence-corrected chi connectivity index (χ1v) is 7.04. The van der Waals surface area contributed by atoms with Crippen molar-refractivity contribution in [1.82, 2.24) is 4.57 Å². The zero-order chi connectivity index (χ0) is 14.5. The number of non-ortho nitro benzene ring substituents is 1. The molecule has 0 atom stereocenters. The standard InChI is InChI=1S/C14H15N3O2S/c1-3-4-7-16-8-9-20-14(16)15-13-6-5-12(17(18)19)10-11(13)2/h3,5-6,8-10H,1,4,7H2,2H3. The number of rotatable bonds is 5. The maximum Gasteiger partial charge on any atom is 0.269 e. The lowest BCUT2D eigenvalue weighted by Crippen LogP contribution is -2.13. The van der Waals surface area contributed by atoms with E-state index in [0.717, 1.165) is 29.0 Å². The van der Waals surface area contributed by atoms with Gasteiger partial charge in [-0.1, -0.05) is 6.08 Å². The number of hydrogen-bond donors (Lipinski definition) is 0. The minimum absolute atomic E-state index is 0.0900. The van der Waals surface area contributed by atoms with E-state index in [0.29, 0.717) is 0 Å². The highest BCUT2D eigenvalue weighted by atomic mass is 32.1. The summed E-state index contributed by atoms with van der Waals surface area (Å²) in [6.07, 6.45) is 4.72. The third-order valence-electron chi connectivity index (χ3n) is 2.84. The molecule has 0 aliphatic carbocycles. The molecule has 0 N–H and O–H groups in total. The van der Waals surface area contributed by atoms with Crippen molar-refractivity contribution in [3.63, 3.8) is 0 Å². The van der Waals surface area contributed by atoms with Gasteiger partial charge in [0.05, 0.1) is 10.6 Å². The van der Waals surface area contributed by atoms with Gasteiger partial charge in [-0.15, -0.1) is 17.9 Å². The van der Waals surface area contributed by atoms with Crippen LogP contribution >= 0.6 is 11.3 Å². The molecule has 1 aromatic heterocycles. The van der Waals surface area contributed by atoms with Gasteiger partial charge in [0.15, 0.2) is 4.80 Å². The van der Waals surface area contributed by atoms with Crippen LogP contribution in [-0.2, 0) is 6.54 Å². The molecule has 0 saturated heterocycles. The number of nitro benzene ring substituents is 1. The van der Waals surface area contributed by atoms with Crippen LogP contribution in [0.25, 0.3) is 0 Å². The van der Waals surface area contributed by atoms with Gasteiger partial charge in [0.2, 0.25) is 0 Å². The van der Waals surface area contributed by atoms with Gasteiger partial charge < -0.3 is 4.57 Å². The summed E-state index contributed by atoms with van der Waals surface area (Å²) >= 11 is 1.54. The normalized spacial score (nSPS) is 11.6. The summed E-state index contributed by atoms with van der Waals surface area (Å²) in [4.78, 5) is 15.8. The summed E-state index contributed by atoms with van der Waals surface area (Å²) in [5.41, 5.74) is 1.64. The predicted octanol–water partition coefficient (Wildman–Crippen LogP) is 3.57. The zero-order valence-corrected chi connectivity index (χ0v) is 12.0. The average molecular weight is 289 g/mol. The van der Waals surface area contributed by atoms with Gasteiger partial charge in [-0.3, -0.25) is 10.1 Å². The van der Waals surface area contributed by atoms with Crippen LogP contribution in [0.2, 0.25) is 0 Å². The Morgan fingerprint density at radius 3 is 3.00 bits per heavy atom. The topological polar surface area (TPSA) is 60.4 Å². The molecule has 0 aliphatic heterocycles. The van der Waals surface area contributed by atoms with E-state index in [-0.39, 0.29) is 5.69 Å². The van der Waals surface area contributed by atoms with Gasteiger partial charge in [0, 0.05) is 30.3 Å². The Balaban J connectivity index is 2.38. The molecule has 2 aromatic rings. The fourth-order valence-corrected chi connectivity index (χ4v) is 2.54. The Bertz CT molecular complexity index is 700. The van der Waals surface area contributed by atoms with E-state index in [9.17, 15) is 10.1 Å². The minimum Gasteiger partial charge on any atom is -0.323 e. The SMILES string of the molecule is C=CCCn1ccsc1=Nc1ccc([N+](=O)[O-])cc1C. The van der Waals surface area contributed by atoms with Crippen molar-refractivity contribution in [2.24, 2.45) is 4.99 Å². The first kappa shape index (κ1) is 14.2. The zero-order valence-electron chi connectivity index (χ0n) is 11.2. The Kier molecular flexibility index (Phi) is 4.47. The molecule has 0 bridgehead atoms. The van der Waals surface area contributed by atoms with Crippen LogP contribution < -0.4 is 4.80 Å². The molecule has 0 spiro atoms. The third kappa shape index (κ3) is 3.21. The molecule has 0 unspecified atom stereocenters. The first-order valence-electron chi connectivity index (χ1n) is 6.16. The fraction of sp³-hybridized carbons (Fsp3) is 0.214. The molecule has 0 fully saturated rings. The predicted molar refractivity (Wildman–Crippen MR) is 80.2 cm³/mol. The molecule has 1 aromatic carbocycles. The number of allylic oxidation sites excluding steroid dienone is 1. The average Bonchev–Trinajstić information content (AvgIpc) is 2.85. The van der Waals surface area contributed by atoms with Crippen LogP contribution in [0.5, 0.6) is 0 Å². The number of hydrogen-bond acceptors (Lipinski definition) is 4. The van der Waals surface area contributed by atoms with Gasteiger partial charge in [0.1, 0.15) is 0 Å². The quantitative estimate of drug-likeness (QED) is 0.480. The Hall–Kier alpha value is -2.21. The van der Waals surface area contributed by atoms with E-state index in [1.807, 2.05) is 29.1 Å². The van der Waals surface area contributed by atoms with Gasteiger partial charge in [0.25, 0.3) is 5.69 Å². The molecule has 0 aliphatic rings. The smallest absolute Gasteiger partial charge is 0.269 e. The number of nitrogens with zero attached hydrogens (tertiary/aromatic N) is 3. The van der Waals surface area contributed by atoms with Crippen LogP contribution in [0.3, 0.4) is 0 Å². The largest absolute Gasteiger partial charge is 0.323 e. The van der Waals surface area contributed by atoms with Crippen molar-refractivity contribution in [3.05, 3.63) is 62.9 Å². The van der Waals surface area contributed by atoms with E-state index >= 15 is 0 Å². The van der Waals surface area contributed by atoms with Crippen molar-refractivity contribution < 1.29 is 4.92 Å². The molecule has 1 heterocycles. The molecule has 5 nitrogen and oxygen atoms in total. The van der Waals surface area contributed by atoms with Crippen molar-refractivity contribution in [2.75, 3.05) is 0 Å². The van der Waals surface area contributed by atoms with Crippen molar-refractivity contribution in [1.29, 1.82) is 0 Å². The second-order valence-electron chi connectivity index (χ2n) is 4.30. The van der Waals surface area contributed by atoms with Crippen LogP contribution in [0.4, 0.5) is 11.4 Å². The lowest BCUT2D eigenvalue weighted by molar-refractivity contribution is -0.384. The second kappa shape index (κ2) is 6.29. The van der Waals surface area contributed by atoms with Gasteiger partial charge in [-0.2, -0.15) is 0 Å². The third-order valence-corrected chi connectivity index (χ3v) is 3.64. The molecule has 20 heavy (non-hydrogen) atoms. The summed E-state index contributed by atoms with van der Waals surface area (Å²) in [5, 5.41) is 12.7. The van der Waals surface area contributed by atoms with Crippen LogP contribution in [0, 0.1) is 17.0 Å². The monoisotopic (exact) mass is 289 g/mol. The van der Waals surface area contributed by atoms with E-state index in [2.05, 4.69) is 11.6 Å². The van der Waals surface area contributed by atoms with Crippen LogP contribution in [-0.4, -0.2) is 9.49 Å². The lowest BCUT2D eigenvalue weighted by atomic mass is 10.2. The molecule has 104 valence electrons. The summed E-state index contributed by atoms with van der Waals surface area (Å²) in [5.74, 6) is 0. The molecule has 6 heteroatoms. The maximum absolute atomic E-state index is 10.7. The number of thiazole rings is 1. The Labute approximate surface area is 120 Å². The van der Waals surface area contributed by atoms with E-state index in [1.54, 1.807) is 23.5 Å². The van der Waals surface area contributed by atoms with Gasteiger partial charge in [-0.25, -0.2) is 4.99 Å². The highest BCUT2D eigenvalue weighted by Gasteiger charge is 2.07. The molecule has 0 saturated carbocycles. The lowest BCUT2D eigenvalue weighted by Gasteiger charge is -2.01. The molecular weight excluding hydrogens is 274 g/mol. The van der Waals surface area contributed by atoms with E-state index in [4.69, 9.17) is 0 Å². The highest BCUT2D eigenvalue weighted by Crippen LogP contribution is 2.23. The molecule has 0 amide bonds. The highest BCUT2D eigenvalue weighted by molar-refractivity contribution is 7.07. The Morgan fingerprint density at radius 2 is 2.35 bits per heavy atom. The maximum atomic E-state index is 10.7. The number of aromatic nitrogens is 1. The number of aryl methyl sites for hydroxylation is 2. The van der Waals surface area contributed by atoms with Crippen molar-refractivity contribution in [3.8, 4) is 0 Å². The summed E-state index contributed by atoms with van der Waals surface area (Å²) < 4.78 is 2.05. The van der Waals surface area contributed by atoms with Crippen molar-refractivity contribution in [2.45, 2.75) is 19.9 Å². The Morgan fingerprint density at radius 1 is 1.55 bits per heavy atom. The second-order valence-corrected chi connectivity index (χ2v) is 5.17. The van der Waals surface area contributed by atoms with E-state index < -0.39 is 4.92 Å². The van der Waals surface area contributed by atoms with E-state index in [1.165, 1.54) is 6.07 Å². The summed E-state index contributed by atoms with van der Waals surface area (Å²) in [6, 6.07) is 4.71. The van der Waals surface area contributed by atoms with Gasteiger partial charge >= 0.3 is 0 Å². The molecule has 2 rings (SSSR count). The summed E-state index contributed by atoms with van der Waals surface area (Å²) in [7, 11) is 0. The van der Waals surface area contributed by atoms with Crippen LogP contribution in [0.1, 0.15) is 12.0 Å². The number of benzene rings is 1. The molecule has 0 radical (unpaired) electrons. The van der Waals surface area contributed by atoms with Crippen molar-refractivity contribution >= 4 is 22.7 Å². The van der Waals surface area contributed by atoms with Gasteiger partial charge in [-0.05, 0) is 25.0 Å². The minimum atomic E-state index is -0.397.